The highest BCUT2D eigenvalue weighted by Gasteiger charge is 2.27. The summed E-state index contributed by atoms with van der Waals surface area (Å²) in [6.45, 7) is 0.171. The number of fused-ring (bicyclic) bond motifs is 1. The third kappa shape index (κ3) is 5.18. The number of anilines is 1. The molecule has 2 aliphatic heterocycles. The van der Waals surface area contributed by atoms with Gasteiger partial charge in [0.2, 0.25) is 18.6 Å². The van der Waals surface area contributed by atoms with Gasteiger partial charge in [0.15, 0.2) is 11.5 Å². The van der Waals surface area contributed by atoms with Crippen molar-refractivity contribution in [2.75, 3.05) is 12.1 Å². The molecule has 0 saturated carbocycles. The molecule has 1 saturated heterocycles. The Bertz CT molecular complexity index is 909. The van der Waals surface area contributed by atoms with Gasteiger partial charge in [-0.15, -0.1) is 11.8 Å². The van der Waals surface area contributed by atoms with Crippen LogP contribution in [0.2, 0.25) is 0 Å². The molecule has 152 valence electrons. The number of ether oxygens (including phenoxy) is 2. The van der Waals surface area contributed by atoms with E-state index in [0.29, 0.717) is 22.9 Å². The first-order chi connectivity index (χ1) is 14.0. The van der Waals surface area contributed by atoms with Gasteiger partial charge in [-0.3, -0.25) is 14.9 Å². The molecule has 2 aromatic rings. The van der Waals surface area contributed by atoms with Crippen LogP contribution in [0.3, 0.4) is 0 Å². The van der Waals surface area contributed by atoms with E-state index in [1.807, 2.05) is 0 Å². The van der Waals surface area contributed by atoms with Gasteiger partial charge >= 0.3 is 0 Å². The molecule has 0 aromatic heterocycles. The molecule has 2 aromatic carbocycles. The van der Waals surface area contributed by atoms with Crippen LogP contribution >= 0.6 is 11.8 Å². The molecule has 0 radical (unpaired) electrons. The Labute approximate surface area is 171 Å². The second-order valence-corrected chi connectivity index (χ2v) is 7.87. The molecule has 2 amide bonds. The molecule has 29 heavy (non-hydrogen) atoms. The normalized spacial score (nSPS) is 20.2. The van der Waals surface area contributed by atoms with Gasteiger partial charge in [0.25, 0.3) is 0 Å². The van der Waals surface area contributed by atoms with Gasteiger partial charge < -0.3 is 20.1 Å². The van der Waals surface area contributed by atoms with Gasteiger partial charge in [-0.2, -0.15) is 0 Å². The molecule has 4 rings (SSSR count). The van der Waals surface area contributed by atoms with Crippen LogP contribution in [0.5, 0.6) is 11.5 Å². The van der Waals surface area contributed by atoms with Crippen LogP contribution in [0.25, 0.3) is 0 Å². The Hall–Kier alpha value is -2.78. The summed E-state index contributed by atoms with van der Waals surface area (Å²) in [5.41, 5.74) is 1.25. The number of amides is 2. The minimum atomic E-state index is -0.315. The SMILES string of the molecule is O=C(CC1CC(=O)NC(SCc2ccc(F)cc2)N1)Nc1ccc2c(c1)OCO2. The van der Waals surface area contributed by atoms with Crippen molar-refractivity contribution < 1.29 is 23.5 Å². The van der Waals surface area contributed by atoms with E-state index >= 15 is 0 Å². The number of hydrogen-bond acceptors (Lipinski definition) is 6. The largest absolute Gasteiger partial charge is 0.454 e. The fourth-order valence-electron chi connectivity index (χ4n) is 3.13. The molecule has 7 nitrogen and oxygen atoms in total. The van der Waals surface area contributed by atoms with Crippen molar-refractivity contribution in [1.82, 2.24) is 10.6 Å². The Kier molecular flexibility index (Phi) is 5.86. The van der Waals surface area contributed by atoms with Crippen molar-refractivity contribution in [3.05, 3.63) is 53.8 Å². The summed E-state index contributed by atoms with van der Waals surface area (Å²) in [7, 11) is 0. The number of hydrogen-bond donors (Lipinski definition) is 3. The first-order valence-corrected chi connectivity index (χ1v) is 10.2. The molecular weight excluding hydrogens is 397 g/mol. The van der Waals surface area contributed by atoms with Gasteiger partial charge in [0.05, 0.1) is 0 Å². The molecule has 2 aliphatic rings. The maximum absolute atomic E-state index is 13.0. The summed E-state index contributed by atoms with van der Waals surface area (Å²) in [6.07, 6.45) is 0.387. The summed E-state index contributed by atoms with van der Waals surface area (Å²) in [5.74, 6) is 1.26. The molecule has 9 heteroatoms. The molecule has 2 atom stereocenters. The maximum atomic E-state index is 13.0. The van der Waals surface area contributed by atoms with Crippen LogP contribution in [0.1, 0.15) is 18.4 Å². The standard InChI is InChI=1S/C20H20FN3O4S/c21-13-3-1-12(2-4-13)10-29-20-23-15(9-19(26)24-20)8-18(25)22-14-5-6-16-17(7-14)28-11-27-16/h1-7,15,20,23H,8-11H2,(H,22,25)(H,24,26). The second-order valence-electron chi connectivity index (χ2n) is 6.77. The average molecular weight is 417 g/mol. The minimum absolute atomic E-state index is 0.110. The molecule has 2 heterocycles. The van der Waals surface area contributed by atoms with E-state index in [-0.39, 0.29) is 48.8 Å². The number of nitrogens with one attached hydrogen (secondary N) is 3. The zero-order valence-electron chi connectivity index (χ0n) is 15.4. The van der Waals surface area contributed by atoms with Gasteiger partial charge in [-0.05, 0) is 29.8 Å². The molecule has 3 N–H and O–H groups in total. The molecule has 2 unspecified atom stereocenters. The van der Waals surface area contributed by atoms with Crippen molar-refractivity contribution in [2.24, 2.45) is 0 Å². The number of thioether (sulfide) groups is 1. The quantitative estimate of drug-likeness (QED) is 0.670. The predicted molar refractivity (Wildman–Crippen MR) is 107 cm³/mol. The number of carbonyl (C=O) groups excluding carboxylic acids is 2. The van der Waals surface area contributed by atoms with Crippen molar-refractivity contribution in [1.29, 1.82) is 0 Å². The second kappa shape index (κ2) is 8.71. The summed E-state index contributed by atoms with van der Waals surface area (Å²) in [6, 6.07) is 11.2. The van der Waals surface area contributed by atoms with E-state index in [4.69, 9.17) is 9.47 Å². The minimum Gasteiger partial charge on any atom is -0.454 e. The Morgan fingerprint density at radius 3 is 2.79 bits per heavy atom. The fourth-order valence-corrected chi connectivity index (χ4v) is 4.19. The lowest BCUT2D eigenvalue weighted by atomic mass is 10.1. The lowest BCUT2D eigenvalue weighted by Crippen LogP contribution is -2.55. The highest BCUT2D eigenvalue weighted by Crippen LogP contribution is 2.34. The smallest absolute Gasteiger partial charge is 0.231 e. The van der Waals surface area contributed by atoms with Crippen LogP contribution < -0.4 is 25.4 Å². The van der Waals surface area contributed by atoms with Crippen molar-refractivity contribution in [3.63, 3.8) is 0 Å². The molecular formula is C20H20FN3O4S. The van der Waals surface area contributed by atoms with Crippen LogP contribution in [-0.4, -0.2) is 30.1 Å². The van der Waals surface area contributed by atoms with Crippen molar-refractivity contribution >= 4 is 29.3 Å². The lowest BCUT2D eigenvalue weighted by Gasteiger charge is -2.31. The molecule has 1 fully saturated rings. The summed E-state index contributed by atoms with van der Waals surface area (Å²) >= 11 is 1.48. The van der Waals surface area contributed by atoms with E-state index in [1.54, 1.807) is 30.3 Å². The molecule has 0 spiro atoms. The van der Waals surface area contributed by atoms with E-state index in [1.165, 1.54) is 23.9 Å². The first-order valence-electron chi connectivity index (χ1n) is 9.16. The Morgan fingerprint density at radius 1 is 1.17 bits per heavy atom. The zero-order chi connectivity index (χ0) is 20.2. The monoisotopic (exact) mass is 417 g/mol. The summed E-state index contributed by atoms with van der Waals surface area (Å²) in [4.78, 5) is 24.4. The average Bonchev–Trinajstić information content (AvgIpc) is 3.15. The number of benzene rings is 2. The number of carbonyl (C=O) groups is 2. The van der Waals surface area contributed by atoms with Gasteiger partial charge in [0.1, 0.15) is 11.3 Å². The predicted octanol–water partition coefficient (Wildman–Crippen LogP) is 2.58. The molecule has 0 bridgehead atoms. The molecule has 0 aliphatic carbocycles. The topological polar surface area (TPSA) is 88.7 Å². The highest BCUT2D eigenvalue weighted by molar-refractivity contribution is 7.99. The Balaban J connectivity index is 1.29. The van der Waals surface area contributed by atoms with Gasteiger partial charge in [-0.1, -0.05) is 12.1 Å². The lowest BCUT2D eigenvalue weighted by molar-refractivity contribution is -0.124. The first kappa shape index (κ1) is 19.5. The van der Waals surface area contributed by atoms with Crippen LogP contribution in [0, 0.1) is 5.82 Å². The van der Waals surface area contributed by atoms with Crippen molar-refractivity contribution in [2.45, 2.75) is 30.1 Å². The van der Waals surface area contributed by atoms with Crippen LogP contribution in [0.15, 0.2) is 42.5 Å². The van der Waals surface area contributed by atoms with Crippen molar-refractivity contribution in [3.8, 4) is 11.5 Å². The van der Waals surface area contributed by atoms with Crippen LogP contribution in [-0.2, 0) is 15.3 Å². The zero-order valence-corrected chi connectivity index (χ0v) is 16.3. The number of halogens is 1. The third-order valence-corrected chi connectivity index (χ3v) is 5.62. The van der Waals surface area contributed by atoms with E-state index in [2.05, 4.69) is 16.0 Å². The summed E-state index contributed by atoms with van der Waals surface area (Å²) in [5, 5.41) is 8.95. The third-order valence-electron chi connectivity index (χ3n) is 4.53. The summed E-state index contributed by atoms with van der Waals surface area (Å²) < 4.78 is 23.6. The van der Waals surface area contributed by atoms with E-state index in [0.717, 1.165) is 5.56 Å². The van der Waals surface area contributed by atoms with Crippen LogP contribution in [0.4, 0.5) is 10.1 Å². The fraction of sp³-hybridized carbons (Fsp3) is 0.300. The highest BCUT2D eigenvalue weighted by atomic mass is 32.2. The number of rotatable bonds is 6. The maximum Gasteiger partial charge on any atom is 0.231 e. The van der Waals surface area contributed by atoms with Gasteiger partial charge in [-0.25, -0.2) is 4.39 Å². The van der Waals surface area contributed by atoms with Gasteiger partial charge in [0, 0.05) is 36.4 Å². The van der Waals surface area contributed by atoms with E-state index in [9.17, 15) is 14.0 Å². The Morgan fingerprint density at radius 2 is 1.97 bits per heavy atom. The van der Waals surface area contributed by atoms with E-state index < -0.39 is 0 Å².